The molecule has 4 rings (SSSR count). The molecule has 0 unspecified atom stereocenters. The fourth-order valence-electron chi connectivity index (χ4n) is 3.14. The summed E-state index contributed by atoms with van der Waals surface area (Å²) in [7, 11) is 0. The maximum atomic E-state index is 12.4. The molecule has 0 bridgehead atoms. The van der Waals surface area contributed by atoms with Crippen LogP contribution in [0.15, 0.2) is 54.6 Å². The summed E-state index contributed by atoms with van der Waals surface area (Å²) in [6, 6.07) is 18.3. The molecule has 2 aliphatic rings. The van der Waals surface area contributed by atoms with Gasteiger partial charge >= 0.3 is 0 Å². The molecule has 2 aromatic rings. The second-order valence-electron chi connectivity index (χ2n) is 4.99. The molecule has 0 N–H and O–H groups in total. The van der Waals surface area contributed by atoms with Gasteiger partial charge in [-0.15, -0.1) is 0 Å². The number of hydrogen-bond donors (Lipinski definition) is 0. The largest absolute Gasteiger partial charge is 0.345 e. The Balaban J connectivity index is 1.82. The van der Waals surface area contributed by atoms with Crippen molar-refractivity contribution in [3.05, 3.63) is 65.7 Å². The minimum Gasteiger partial charge on any atom is -0.345 e. The number of nitrogens with zero attached hydrogens (tertiary/aromatic N) is 2. The van der Waals surface area contributed by atoms with Gasteiger partial charge in [-0.3, -0.25) is 4.79 Å². The first-order valence-electron chi connectivity index (χ1n) is 6.58. The van der Waals surface area contributed by atoms with Crippen molar-refractivity contribution < 1.29 is 4.79 Å². The van der Waals surface area contributed by atoms with Crippen LogP contribution < -0.4 is 4.90 Å². The highest BCUT2D eigenvalue weighted by molar-refractivity contribution is 6.00. The number of carbonyl (C=O) groups is 1. The molecular formula is C16H14N2O. The summed E-state index contributed by atoms with van der Waals surface area (Å²) in [6.07, 6.45) is 0.0751. The number of fused-ring (bicyclic) bond motifs is 3. The lowest BCUT2D eigenvalue weighted by Crippen LogP contribution is -2.28. The number of benzene rings is 2. The zero-order valence-electron chi connectivity index (χ0n) is 10.5. The van der Waals surface area contributed by atoms with Crippen molar-refractivity contribution in [3.63, 3.8) is 0 Å². The Kier molecular flexibility index (Phi) is 2.15. The van der Waals surface area contributed by atoms with Gasteiger partial charge in [-0.1, -0.05) is 36.4 Å². The highest BCUT2D eigenvalue weighted by Crippen LogP contribution is 2.41. The van der Waals surface area contributed by atoms with E-state index in [4.69, 9.17) is 0 Å². The molecule has 19 heavy (non-hydrogen) atoms. The average Bonchev–Trinajstić information content (AvgIpc) is 3.02. The summed E-state index contributed by atoms with van der Waals surface area (Å²) in [5.41, 5.74) is 3.17. The predicted molar refractivity (Wildman–Crippen MR) is 74.0 cm³/mol. The molecule has 2 aliphatic heterocycles. The van der Waals surface area contributed by atoms with E-state index >= 15 is 0 Å². The van der Waals surface area contributed by atoms with Crippen molar-refractivity contribution in [1.82, 2.24) is 4.90 Å². The SMILES string of the molecule is O=C1c2ccccc2[C@H]2N1CCN2c1ccccc1. The van der Waals surface area contributed by atoms with Crippen molar-refractivity contribution in [3.8, 4) is 0 Å². The van der Waals surface area contributed by atoms with Crippen LogP contribution in [0.5, 0.6) is 0 Å². The summed E-state index contributed by atoms with van der Waals surface area (Å²) in [5.74, 6) is 0.166. The first-order chi connectivity index (χ1) is 9.36. The Morgan fingerprint density at radius 2 is 1.53 bits per heavy atom. The number of para-hydroxylation sites is 1. The third kappa shape index (κ3) is 1.41. The van der Waals surface area contributed by atoms with Crippen LogP contribution in [0, 0.1) is 0 Å². The fraction of sp³-hybridized carbons (Fsp3) is 0.188. The molecule has 0 spiro atoms. The number of hydrogen-bond acceptors (Lipinski definition) is 2. The molecule has 1 amide bonds. The van der Waals surface area contributed by atoms with E-state index in [0.29, 0.717) is 0 Å². The highest BCUT2D eigenvalue weighted by Gasteiger charge is 2.43. The van der Waals surface area contributed by atoms with Gasteiger partial charge < -0.3 is 9.80 Å². The molecule has 0 saturated carbocycles. The van der Waals surface area contributed by atoms with Gasteiger partial charge in [0.15, 0.2) is 0 Å². The Labute approximate surface area is 112 Å². The lowest BCUT2D eigenvalue weighted by molar-refractivity contribution is 0.0778. The van der Waals surface area contributed by atoms with E-state index in [1.165, 1.54) is 5.69 Å². The van der Waals surface area contributed by atoms with Gasteiger partial charge in [-0.05, 0) is 18.2 Å². The van der Waals surface area contributed by atoms with Crippen molar-refractivity contribution in [2.24, 2.45) is 0 Å². The molecule has 0 aromatic heterocycles. The quantitative estimate of drug-likeness (QED) is 0.777. The van der Waals surface area contributed by atoms with E-state index in [-0.39, 0.29) is 12.1 Å². The van der Waals surface area contributed by atoms with Gasteiger partial charge in [0, 0.05) is 29.9 Å². The lowest BCUT2D eigenvalue weighted by atomic mass is 10.1. The minimum absolute atomic E-state index is 0.0751. The Morgan fingerprint density at radius 1 is 0.842 bits per heavy atom. The maximum absolute atomic E-state index is 12.4. The molecule has 0 aliphatic carbocycles. The molecule has 1 fully saturated rings. The first kappa shape index (κ1) is 10.6. The van der Waals surface area contributed by atoms with Crippen LogP contribution in [0.1, 0.15) is 22.1 Å². The third-order valence-electron chi connectivity index (χ3n) is 3.99. The Hall–Kier alpha value is -2.29. The zero-order valence-corrected chi connectivity index (χ0v) is 10.5. The monoisotopic (exact) mass is 250 g/mol. The van der Waals surface area contributed by atoms with Crippen molar-refractivity contribution in [2.75, 3.05) is 18.0 Å². The molecule has 2 aromatic carbocycles. The van der Waals surface area contributed by atoms with Crippen LogP contribution in [0.2, 0.25) is 0 Å². The number of carbonyl (C=O) groups excluding carboxylic acids is 1. The maximum Gasteiger partial charge on any atom is 0.256 e. The number of amides is 1. The number of rotatable bonds is 1. The van der Waals surface area contributed by atoms with Crippen molar-refractivity contribution in [2.45, 2.75) is 6.17 Å². The minimum atomic E-state index is 0.0751. The smallest absolute Gasteiger partial charge is 0.256 e. The highest BCUT2D eigenvalue weighted by atomic mass is 16.2. The predicted octanol–water partition coefficient (Wildman–Crippen LogP) is 2.66. The van der Waals surface area contributed by atoms with E-state index in [1.807, 2.05) is 41.3 Å². The Bertz CT molecular complexity index is 638. The summed E-state index contributed by atoms with van der Waals surface area (Å²) in [5, 5.41) is 0. The lowest BCUT2D eigenvalue weighted by Gasteiger charge is -2.26. The molecule has 0 radical (unpaired) electrons. The van der Waals surface area contributed by atoms with E-state index in [0.717, 1.165) is 24.2 Å². The van der Waals surface area contributed by atoms with E-state index in [1.54, 1.807) is 0 Å². The average molecular weight is 250 g/mol. The molecule has 94 valence electrons. The summed E-state index contributed by atoms with van der Waals surface area (Å²) in [4.78, 5) is 16.6. The molecule has 3 heteroatoms. The first-order valence-corrected chi connectivity index (χ1v) is 6.58. The normalized spacial score (nSPS) is 20.6. The number of anilines is 1. The third-order valence-corrected chi connectivity index (χ3v) is 3.99. The summed E-state index contributed by atoms with van der Waals surface area (Å²) >= 11 is 0. The Morgan fingerprint density at radius 3 is 2.37 bits per heavy atom. The van der Waals surface area contributed by atoms with Gasteiger partial charge in [-0.2, -0.15) is 0 Å². The van der Waals surface area contributed by atoms with Gasteiger partial charge in [0.2, 0.25) is 0 Å². The van der Waals surface area contributed by atoms with Crippen molar-refractivity contribution >= 4 is 11.6 Å². The van der Waals surface area contributed by atoms with Crippen molar-refractivity contribution in [1.29, 1.82) is 0 Å². The standard InChI is InChI=1S/C16H14N2O/c19-16-14-9-5-4-8-13(14)15-17(10-11-18(15)16)12-6-2-1-3-7-12/h1-9,15H,10-11H2/t15-/m1/s1. The molecule has 3 nitrogen and oxygen atoms in total. The van der Waals surface area contributed by atoms with Crippen LogP contribution in [0.3, 0.4) is 0 Å². The fourth-order valence-corrected chi connectivity index (χ4v) is 3.14. The van der Waals surface area contributed by atoms with Crippen LogP contribution in [-0.2, 0) is 0 Å². The van der Waals surface area contributed by atoms with E-state index in [9.17, 15) is 4.79 Å². The molecule has 1 saturated heterocycles. The summed E-state index contributed by atoms with van der Waals surface area (Å²) < 4.78 is 0. The molecule has 1 atom stereocenters. The van der Waals surface area contributed by atoms with Gasteiger partial charge in [0.05, 0.1) is 0 Å². The van der Waals surface area contributed by atoms with Gasteiger partial charge in [0.25, 0.3) is 5.91 Å². The van der Waals surface area contributed by atoms with E-state index < -0.39 is 0 Å². The van der Waals surface area contributed by atoms with E-state index in [2.05, 4.69) is 23.1 Å². The van der Waals surface area contributed by atoms with Crippen LogP contribution in [0.4, 0.5) is 5.69 Å². The van der Waals surface area contributed by atoms with Gasteiger partial charge in [0.1, 0.15) is 6.17 Å². The van der Waals surface area contributed by atoms with Crippen LogP contribution in [0.25, 0.3) is 0 Å². The topological polar surface area (TPSA) is 23.6 Å². The van der Waals surface area contributed by atoms with Gasteiger partial charge in [-0.25, -0.2) is 0 Å². The second-order valence-corrected chi connectivity index (χ2v) is 4.99. The molecular weight excluding hydrogens is 236 g/mol. The zero-order chi connectivity index (χ0) is 12.8. The second kappa shape index (κ2) is 3.85. The van der Waals surface area contributed by atoms with Crippen LogP contribution in [-0.4, -0.2) is 23.9 Å². The van der Waals surface area contributed by atoms with Crippen LogP contribution >= 0.6 is 0 Å². The molecule has 2 heterocycles. The summed E-state index contributed by atoms with van der Waals surface area (Å²) in [6.45, 7) is 1.70.